The molecule has 92 valence electrons. The summed E-state index contributed by atoms with van der Waals surface area (Å²) in [5, 5.41) is 11.7. The minimum Gasteiger partial charge on any atom is -0.379 e. The fourth-order valence-corrected chi connectivity index (χ4v) is 1.24. The number of ether oxygens (including phenoxy) is 1. The lowest BCUT2D eigenvalue weighted by Crippen LogP contribution is -2.07. The lowest BCUT2D eigenvalue weighted by Gasteiger charge is -2.07. The van der Waals surface area contributed by atoms with Gasteiger partial charge in [-0.2, -0.15) is 5.26 Å². The van der Waals surface area contributed by atoms with E-state index in [1.54, 1.807) is 6.20 Å². The molecule has 0 bridgehead atoms. The molecule has 0 saturated heterocycles. The van der Waals surface area contributed by atoms with Crippen molar-refractivity contribution in [3.05, 3.63) is 18.1 Å². The number of aromatic nitrogens is 2. The van der Waals surface area contributed by atoms with E-state index in [1.807, 2.05) is 19.9 Å². The SMILES string of the molecule is CC(C)OCCCCNc1cnc(C#N)cn1. The van der Waals surface area contributed by atoms with Crippen molar-refractivity contribution in [3.63, 3.8) is 0 Å². The van der Waals surface area contributed by atoms with E-state index in [0.717, 1.165) is 26.0 Å². The first-order valence-corrected chi connectivity index (χ1v) is 5.80. The fourth-order valence-electron chi connectivity index (χ4n) is 1.24. The molecule has 0 aliphatic carbocycles. The Kier molecular flexibility index (Phi) is 5.97. The maximum atomic E-state index is 8.56. The highest BCUT2D eigenvalue weighted by atomic mass is 16.5. The van der Waals surface area contributed by atoms with E-state index in [4.69, 9.17) is 10.00 Å². The van der Waals surface area contributed by atoms with Gasteiger partial charge in [0.25, 0.3) is 0 Å². The van der Waals surface area contributed by atoms with Gasteiger partial charge in [-0.25, -0.2) is 9.97 Å². The van der Waals surface area contributed by atoms with Gasteiger partial charge in [-0.05, 0) is 26.7 Å². The van der Waals surface area contributed by atoms with Gasteiger partial charge in [-0.1, -0.05) is 0 Å². The Morgan fingerprint density at radius 1 is 1.35 bits per heavy atom. The van der Waals surface area contributed by atoms with Gasteiger partial charge in [-0.15, -0.1) is 0 Å². The molecule has 0 saturated carbocycles. The predicted molar refractivity (Wildman–Crippen MR) is 65.6 cm³/mol. The first-order valence-electron chi connectivity index (χ1n) is 5.80. The summed E-state index contributed by atoms with van der Waals surface area (Å²) in [6.45, 7) is 5.69. The van der Waals surface area contributed by atoms with Crippen LogP contribution in [0.4, 0.5) is 5.82 Å². The van der Waals surface area contributed by atoms with Gasteiger partial charge >= 0.3 is 0 Å². The number of nitrogens with one attached hydrogen (secondary N) is 1. The zero-order chi connectivity index (χ0) is 12.5. The lowest BCUT2D eigenvalue weighted by molar-refractivity contribution is 0.0765. The summed E-state index contributed by atoms with van der Waals surface area (Å²) >= 11 is 0. The summed E-state index contributed by atoms with van der Waals surface area (Å²) in [6, 6.07) is 1.93. The fraction of sp³-hybridized carbons (Fsp3) is 0.583. The molecule has 0 radical (unpaired) electrons. The zero-order valence-electron chi connectivity index (χ0n) is 10.3. The highest BCUT2D eigenvalue weighted by Gasteiger charge is 1.96. The third kappa shape index (κ3) is 5.83. The van der Waals surface area contributed by atoms with Crippen molar-refractivity contribution in [3.8, 4) is 6.07 Å². The van der Waals surface area contributed by atoms with Crippen molar-refractivity contribution in [2.75, 3.05) is 18.5 Å². The molecule has 0 aliphatic heterocycles. The Morgan fingerprint density at radius 2 is 2.18 bits per heavy atom. The van der Waals surface area contributed by atoms with Gasteiger partial charge in [0, 0.05) is 13.2 Å². The van der Waals surface area contributed by atoms with Crippen LogP contribution in [0.1, 0.15) is 32.4 Å². The average Bonchev–Trinajstić information content (AvgIpc) is 2.34. The summed E-state index contributed by atoms with van der Waals surface area (Å²) in [5.74, 6) is 0.703. The predicted octanol–water partition coefficient (Wildman–Crippen LogP) is 1.97. The molecule has 0 spiro atoms. The second-order valence-corrected chi connectivity index (χ2v) is 3.95. The Bertz CT molecular complexity index is 356. The zero-order valence-corrected chi connectivity index (χ0v) is 10.3. The maximum absolute atomic E-state index is 8.56. The van der Waals surface area contributed by atoms with Crippen molar-refractivity contribution in [1.82, 2.24) is 9.97 Å². The van der Waals surface area contributed by atoms with Crippen LogP contribution in [0.25, 0.3) is 0 Å². The Labute approximate surface area is 102 Å². The Morgan fingerprint density at radius 3 is 2.76 bits per heavy atom. The molecule has 1 heterocycles. The number of nitriles is 1. The number of hydrogen-bond donors (Lipinski definition) is 1. The Balaban J connectivity index is 2.12. The molecule has 1 N–H and O–H groups in total. The molecule has 1 aromatic heterocycles. The molecule has 5 heteroatoms. The van der Waals surface area contributed by atoms with E-state index in [0.29, 0.717) is 17.6 Å². The van der Waals surface area contributed by atoms with Crippen LogP contribution >= 0.6 is 0 Å². The summed E-state index contributed by atoms with van der Waals surface area (Å²) in [4.78, 5) is 7.99. The Hall–Kier alpha value is -1.67. The third-order valence-electron chi connectivity index (χ3n) is 2.09. The average molecular weight is 234 g/mol. The van der Waals surface area contributed by atoms with E-state index < -0.39 is 0 Å². The van der Waals surface area contributed by atoms with Crippen LogP contribution in [0.3, 0.4) is 0 Å². The van der Waals surface area contributed by atoms with Crippen molar-refractivity contribution in [1.29, 1.82) is 5.26 Å². The first-order chi connectivity index (χ1) is 8.22. The second kappa shape index (κ2) is 7.58. The van der Waals surface area contributed by atoms with E-state index in [-0.39, 0.29) is 0 Å². The first kappa shape index (κ1) is 13.4. The highest BCUT2D eigenvalue weighted by Crippen LogP contribution is 2.01. The molecule has 0 unspecified atom stereocenters. The van der Waals surface area contributed by atoms with Crippen molar-refractivity contribution < 1.29 is 4.74 Å². The number of anilines is 1. The maximum Gasteiger partial charge on any atom is 0.158 e. The number of nitrogens with zero attached hydrogens (tertiary/aromatic N) is 3. The van der Waals surface area contributed by atoms with Crippen molar-refractivity contribution in [2.45, 2.75) is 32.8 Å². The number of hydrogen-bond acceptors (Lipinski definition) is 5. The largest absolute Gasteiger partial charge is 0.379 e. The van der Waals surface area contributed by atoms with E-state index >= 15 is 0 Å². The van der Waals surface area contributed by atoms with E-state index in [2.05, 4.69) is 15.3 Å². The minimum absolute atomic E-state index is 0.298. The smallest absolute Gasteiger partial charge is 0.158 e. The van der Waals surface area contributed by atoms with Gasteiger partial charge in [0.15, 0.2) is 5.69 Å². The second-order valence-electron chi connectivity index (χ2n) is 3.95. The van der Waals surface area contributed by atoms with Gasteiger partial charge in [-0.3, -0.25) is 0 Å². The molecule has 0 aromatic carbocycles. The molecule has 5 nitrogen and oxygen atoms in total. The molecule has 1 rings (SSSR count). The standard InChI is InChI=1S/C12H18N4O/c1-10(2)17-6-4-3-5-14-12-9-15-11(7-13)8-16-12/h8-10H,3-6H2,1-2H3,(H,14,16). The monoisotopic (exact) mass is 234 g/mol. The van der Waals surface area contributed by atoms with Crippen molar-refractivity contribution >= 4 is 5.82 Å². The molecule has 0 atom stereocenters. The molecule has 0 fully saturated rings. The van der Waals surface area contributed by atoms with Crippen LogP contribution in [-0.2, 0) is 4.74 Å². The summed E-state index contributed by atoms with van der Waals surface area (Å²) in [5.41, 5.74) is 0.334. The van der Waals surface area contributed by atoms with Crippen LogP contribution < -0.4 is 5.32 Å². The highest BCUT2D eigenvalue weighted by molar-refractivity contribution is 5.32. The quantitative estimate of drug-likeness (QED) is 0.730. The van der Waals surface area contributed by atoms with E-state index in [1.165, 1.54) is 6.20 Å². The van der Waals surface area contributed by atoms with Gasteiger partial charge in [0.05, 0.1) is 18.5 Å². The summed E-state index contributed by atoms with van der Waals surface area (Å²) in [7, 11) is 0. The van der Waals surface area contributed by atoms with Gasteiger partial charge in [0.1, 0.15) is 11.9 Å². The topological polar surface area (TPSA) is 70.8 Å². The van der Waals surface area contributed by atoms with Gasteiger partial charge in [0.2, 0.25) is 0 Å². The van der Waals surface area contributed by atoms with Crippen LogP contribution in [0.5, 0.6) is 0 Å². The molecule has 1 aromatic rings. The summed E-state index contributed by atoms with van der Waals surface area (Å²) in [6.07, 6.45) is 5.38. The molecular formula is C12H18N4O. The van der Waals surface area contributed by atoms with Crippen LogP contribution in [0.15, 0.2) is 12.4 Å². The molecular weight excluding hydrogens is 216 g/mol. The molecule has 0 aliphatic rings. The van der Waals surface area contributed by atoms with Crippen molar-refractivity contribution in [2.24, 2.45) is 0 Å². The third-order valence-corrected chi connectivity index (χ3v) is 2.09. The number of unbranched alkanes of at least 4 members (excludes halogenated alkanes) is 1. The number of rotatable bonds is 7. The normalized spacial score (nSPS) is 10.2. The minimum atomic E-state index is 0.298. The van der Waals surface area contributed by atoms with Crippen LogP contribution in [-0.4, -0.2) is 29.2 Å². The van der Waals surface area contributed by atoms with E-state index in [9.17, 15) is 0 Å². The summed E-state index contributed by atoms with van der Waals surface area (Å²) < 4.78 is 5.43. The lowest BCUT2D eigenvalue weighted by atomic mass is 10.3. The molecule has 0 amide bonds. The van der Waals surface area contributed by atoms with Crippen LogP contribution in [0, 0.1) is 11.3 Å². The molecule has 17 heavy (non-hydrogen) atoms. The van der Waals surface area contributed by atoms with Gasteiger partial charge < -0.3 is 10.1 Å². The van der Waals surface area contributed by atoms with Crippen LogP contribution in [0.2, 0.25) is 0 Å².